The van der Waals surface area contributed by atoms with Crippen molar-refractivity contribution in [1.29, 1.82) is 5.26 Å². The molecule has 1 saturated carbocycles. The van der Waals surface area contributed by atoms with Crippen LogP contribution in [-0.2, 0) is 0 Å². The van der Waals surface area contributed by atoms with Gasteiger partial charge in [0.1, 0.15) is 5.75 Å². The van der Waals surface area contributed by atoms with Crippen LogP contribution in [0.15, 0.2) is 18.2 Å². The molecular formula is C15H20N2O. The highest BCUT2D eigenvalue weighted by molar-refractivity contribution is 5.32. The highest BCUT2D eigenvalue weighted by atomic mass is 16.5. The maximum absolute atomic E-state index is 9.02. The van der Waals surface area contributed by atoms with E-state index >= 15 is 0 Å². The van der Waals surface area contributed by atoms with Crippen molar-refractivity contribution in [3.05, 3.63) is 29.3 Å². The number of nitrogens with one attached hydrogen (secondary N) is 1. The van der Waals surface area contributed by atoms with Gasteiger partial charge in [-0.3, -0.25) is 5.32 Å². The first-order chi connectivity index (χ1) is 8.67. The molecule has 0 saturated heterocycles. The van der Waals surface area contributed by atoms with E-state index in [0.717, 1.165) is 12.2 Å². The Morgan fingerprint density at radius 3 is 2.56 bits per heavy atom. The lowest BCUT2D eigenvalue weighted by molar-refractivity contribution is 0.297. The van der Waals surface area contributed by atoms with Gasteiger partial charge in [-0.25, -0.2) is 0 Å². The van der Waals surface area contributed by atoms with Gasteiger partial charge in [0.15, 0.2) is 0 Å². The Balaban J connectivity index is 1.78. The molecule has 0 bridgehead atoms. The highest BCUT2D eigenvalue weighted by Gasteiger charge is 2.24. The zero-order valence-corrected chi connectivity index (χ0v) is 11.1. The minimum Gasteiger partial charge on any atom is -0.493 e. The van der Waals surface area contributed by atoms with E-state index in [1.54, 1.807) is 0 Å². The first kappa shape index (κ1) is 12.9. The summed E-state index contributed by atoms with van der Waals surface area (Å²) in [7, 11) is 0. The van der Waals surface area contributed by atoms with Crippen LogP contribution < -0.4 is 10.1 Å². The lowest BCUT2D eigenvalue weighted by Crippen LogP contribution is -2.31. The number of nitriles is 1. The molecule has 1 aliphatic rings. The monoisotopic (exact) mass is 244 g/mol. The summed E-state index contributed by atoms with van der Waals surface area (Å²) >= 11 is 0. The number of aryl methyl sites for hydroxylation is 2. The Kier molecular flexibility index (Phi) is 4.22. The largest absolute Gasteiger partial charge is 0.493 e. The second-order valence-electron chi connectivity index (χ2n) is 5.08. The Bertz CT molecular complexity index is 426. The van der Waals surface area contributed by atoms with Crippen LogP contribution >= 0.6 is 0 Å². The third kappa shape index (κ3) is 4.05. The smallest absolute Gasteiger partial charge is 0.119 e. The highest BCUT2D eigenvalue weighted by Crippen LogP contribution is 2.20. The summed E-state index contributed by atoms with van der Waals surface area (Å²) in [5, 5.41) is 12.3. The van der Waals surface area contributed by atoms with Gasteiger partial charge in [0.05, 0.1) is 18.7 Å². The van der Waals surface area contributed by atoms with Crippen LogP contribution in [-0.4, -0.2) is 18.7 Å². The van der Waals surface area contributed by atoms with E-state index in [-0.39, 0.29) is 6.04 Å². The lowest BCUT2D eigenvalue weighted by atomic mass is 10.1. The number of hydrogen-bond donors (Lipinski definition) is 1. The average molecular weight is 244 g/mol. The Labute approximate surface area is 109 Å². The number of rotatable bonds is 6. The van der Waals surface area contributed by atoms with E-state index < -0.39 is 0 Å². The summed E-state index contributed by atoms with van der Waals surface area (Å²) in [5.74, 6) is 0.899. The fourth-order valence-electron chi connectivity index (χ4n) is 2.03. The van der Waals surface area contributed by atoms with Crippen molar-refractivity contribution in [2.45, 2.75) is 45.2 Å². The molecule has 3 nitrogen and oxygen atoms in total. The fourth-order valence-corrected chi connectivity index (χ4v) is 2.03. The van der Waals surface area contributed by atoms with Crippen LogP contribution in [0.2, 0.25) is 0 Å². The minimum atomic E-state index is -0.0802. The number of benzene rings is 1. The van der Waals surface area contributed by atoms with Crippen molar-refractivity contribution >= 4 is 0 Å². The molecule has 18 heavy (non-hydrogen) atoms. The molecule has 3 heteroatoms. The predicted octanol–water partition coefficient (Wildman–Crippen LogP) is 2.72. The molecule has 2 rings (SSSR count). The molecule has 96 valence electrons. The molecule has 1 aromatic rings. The maximum Gasteiger partial charge on any atom is 0.119 e. The summed E-state index contributed by atoms with van der Waals surface area (Å²) in [5.41, 5.74) is 2.41. The zero-order valence-electron chi connectivity index (χ0n) is 11.1. The molecule has 1 N–H and O–H groups in total. The van der Waals surface area contributed by atoms with E-state index in [2.05, 4.69) is 31.3 Å². The van der Waals surface area contributed by atoms with Crippen molar-refractivity contribution in [3.8, 4) is 11.8 Å². The summed E-state index contributed by atoms with van der Waals surface area (Å²) in [4.78, 5) is 0. The first-order valence-corrected chi connectivity index (χ1v) is 6.54. The summed E-state index contributed by atoms with van der Waals surface area (Å²) in [6, 6.07) is 8.96. The van der Waals surface area contributed by atoms with Gasteiger partial charge in [-0.2, -0.15) is 5.26 Å². The van der Waals surface area contributed by atoms with Gasteiger partial charge in [0, 0.05) is 12.5 Å². The van der Waals surface area contributed by atoms with Crippen LogP contribution in [0.25, 0.3) is 0 Å². The van der Waals surface area contributed by atoms with Gasteiger partial charge in [0.25, 0.3) is 0 Å². The molecule has 0 heterocycles. The van der Waals surface area contributed by atoms with E-state index in [0.29, 0.717) is 12.6 Å². The molecule has 0 aromatic heterocycles. The van der Waals surface area contributed by atoms with Gasteiger partial charge in [-0.1, -0.05) is 6.07 Å². The van der Waals surface area contributed by atoms with Gasteiger partial charge >= 0.3 is 0 Å². The van der Waals surface area contributed by atoms with Crippen molar-refractivity contribution in [2.24, 2.45) is 0 Å². The van der Waals surface area contributed by atoms with E-state index in [1.807, 2.05) is 12.1 Å². The van der Waals surface area contributed by atoms with Crippen LogP contribution in [0, 0.1) is 25.2 Å². The van der Waals surface area contributed by atoms with E-state index in [4.69, 9.17) is 10.00 Å². The van der Waals surface area contributed by atoms with E-state index in [1.165, 1.54) is 24.0 Å². The van der Waals surface area contributed by atoms with E-state index in [9.17, 15) is 0 Å². The van der Waals surface area contributed by atoms with Crippen molar-refractivity contribution < 1.29 is 4.74 Å². The second kappa shape index (κ2) is 5.88. The van der Waals surface area contributed by atoms with Crippen molar-refractivity contribution in [1.82, 2.24) is 5.32 Å². The van der Waals surface area contributed by atoms with Gasteiger partial charge in [-0.15, -0.1) is 0 Å². The third-order valence-corrected chi connectivity index (χ3v) is 3.04. The number of hydrogen-bond acceptors (Lipinski definition) is 3. The Hall–Kier alpha value is -1.53. The lowest BCUT2D eigenvalue weighted by Gasteiger charge is -2.12. The summed E-state index contributed by atoms with van der Waals surface area (Å²) < 4.78 is 5.71. The molecular weight excluding hydrogens is 224 g/mol. The normalized spacial score (nSPS) is 16.1. The van der Waals surface area contributed by atoms with Crippen molar-refractivity contribution in [3.63, 3.8) is 0 Å². The van der Waals surface area contributed by atoms with Crippen LogP contribution in [0.5, 0.6) is 5.75 Å². The average Bonchev–Trinajstić information content (AvgIpc) is 3.10. The minimum absolute atomic E-state index is 0.0802. The second-order valence-corrected chi connectivity index (χ2v) is 5.08. The molecule has 1 aromatic carbocycles. The molecule has 1 fully saturated rings. The fraction of sp³-hybridized carbons (Fsp3) is 0.533. The number of nitrogens with zero attached hydrogens (tertiary/aromatic N) is 1. The first-order valence-electron chi connectivity index (χ1n) is 6.54. The molecule has 1 aliphatic carbocycles. The molecule has 0 aliphatic heterocycles. The quantitative estimate of drug-likeness (QED) is 0.836. The van der Waals surface area contributed by atoms with Crippen LogP contribution in [0.3, 0.4) is 0 Å². The maximum atomic E-state index is 9.02. The van der Waals surface area contributed by atoms with Gasteiger partial charge < -0.3 is 4.74 Å². The molecule has 0 radical (unpaired) electrons. The Morgan fingerprint density at radius 1 is 1.33 bits per heavy atom. The molecule has 0 spiro atoms. The van der Waals surface area contributed by atoms with Crippen LogP contribution in [0.1, 0.15) is 30.4 Å². The Morgan fingerprint density at radius 2 is 2.00 bits per heavy atom. The molecule has 1 atom stereocenters. The summed E-state index contributed by atoms with van der Waals surface area (Å²) in [6.07, 6.45) is 3.15. The van der Waals surface area contributed by atoms with Crippen LogP contribution in [0.4, 0.5) is 0 Å². The predicted molar refractivity (Wildman–Crippen MR) is 71.6 cm³/mol. The summed E-state index contributed by atoms with van der Waals surface area (Å²) in [6.45, 7) is 4.71. The van der Waals surface area contributed by atoms with Gasteiger partial charge in [0.2, 0.25) is 0 Å². The number of ether oxygens (including phenoxy) is 1. The van der Waals surface area contributed by atoms with Gasteiger partial charge in [-0.05, 0) is 49.9 Å². The third-order valence-electron chi connectivity index (χ3n) is 3.04. The van der Waals surface area contributed by atoms with Crippen molar-refractivity contribution in [2.75, 3.05) is 6.61 Å². The zero-order chi connectivity index (χ0) is 13.0. The standard InChI is InChI=1S/C15H20N2O/c1-11-7-12(2)9-15(8-11)18-6-5-14(10-16)17-13-3-4-13/h7-9,13-14,17H,3-6H2,1-2H3. The SMILES string of the molecule is Cc1cc(C)cc(OCCC(C#N)NC2CC2)c1. The molecule has 0 amide bonds. The molecule has 1 unspecified atom stereocenters. The topological polar surface area (TPSA) is 45.0 Å².